The van der Waals surface area contributed by atoms with Gasteiger partial charge in [-0.05, 0) is 6.07 Å². The molecule has 0 aliphatic rings. The second-order valence-corrected chi connectivity index (χ2v) is 2.63. The lowest BCUT2D eigenvalue weighted by atomic mass is 10.2. The summed E-state index contributed by atoms with van der Waals surface area (Å²) in [4.78, 5) is 10.7. The van der Waals surface area contributed by atoms with Gasteiger partial charge in [-0.1, -0.05) is 6.07 Å². The SMILES string of the molecule is N#Cc1cccc(-[n+]2cc(=O)o[n-]2)c1.[N]. The Kier molecular flexibility index (Phi) is 3.00. The highest BCUT2D eigenvalue weighted by Crippen LogP contribution is 2.01. The van der Waals surface area contributed by atoms with Crippen molar-refractivity contribution in [1.29, 1.82) is 5.26 Å². The summed E-state index contributed by atoms with van der Waals surface area (Å²) in [7, 11) is 0. The zero-order valence-electron chi connectivity index (χ0n) is 7.49. The van der Waals surface area contributed by atoms with Crippen LogP contribution in [0.3, 0.4) is 0 Å². The first-order chi connectivity index (χ1) is 6.79. The van der Waals surface area contributed by atoms with Crippen molar-refractivity contribution in [2.45, 2.75) is 0 Å². The molecule has 1 heterocycles. The van der Waals surface area contributed by atoms with E-state index in [1.165, 1.54) is 10.9 Å². The molecule has 0 spiro atoms. The molecule has 15 heavy (non-hydrogen) atoms. The maximum Gasteiger partial charge on any atom is 0.389 e. The zero-order chi connectivity index (χ0) is 9.97. The van der Waals surface area contributed by atoms with E-state index in [-0.39, 0.29) is 6.15 Å². The summed E-state index contributed by atoms with van der Waals surface area (Å²) >= 11 is 0. The maximum atomic E-state index is 10.7. The molecular weight excluding hydrogens is 196 g/mol. The standard InChI is InChI=1S/C9H5N3O2.N/c10-5-7-2-1-3-8(4-7)12-6-9(13)14-11-12;/h1-4,6H;. The van der Waals surface area contributed by atoms with Gasteiger partial charge in [-0.25, -0.2) is 14.7 Å². The van der Waals surface area contributed by atoms with Gasteiger partial charge in [0.05, 0.1) is 11.6 Å². The highest BCUT2D eigenvalue weighted by molar-refractivity contribution is 5.35. The lowest BCUT2D eigenvalue weighted by Crippen LogP contribution is -2.34. The van der Waals surface area contributed by atoms with E-state index in [2.05, 4.69) is 9.79 Å². The number of nitrogens with zero attached hydrogens (tertiary/aromatic N) is 4. The van der Waals surface area contributed by atoms with E-state index >= 15 is 0 Å². The lowest BCUT2D eigenvalue weighted by Gasteiger charge is -1.95. The molecule has 0 bridgehead atoms. The quantitative estimate of drug-likeness (QED) is 0.567. The highest BCUT2D eigenvalue weighted by Gasteiger charge is 2.03. The average molecular weight is 201 g/mol. The molecule has 6 heteroatoms. The molecule has 6 nitrogen and oxygen atoms in total. The Morgan fingerprint density at radius 3 is 2.87 bits per heavy atom. The summed E-state index contributed by atoms with van der Waals surface area (Å²) in [6.07, 6.45) is 1.20. The van der Waals surface area contributed by atoms with Gasteiger partial charge in [-0.15, -0.1) is 0 Å². The third-order valence-corrected chi connectivity index (χ3v) is 1.69. The van der Waals surface area contributed by atoms with Crippen molar-refractivity contribution in [2.24, 2.45) is 0 Å². The van der Waals surface area contributed by atoms with Gasteiger partial charge in [0, 0.05) is 18.3 Å². The minimum Gasteiger partial charge on any atom is -0.471 e. The molecular formula is C9H5N4O2. The predicted molar refractivity (Wildman–Crippen MR) is 46.7 cm³/mol. The van der Waals surface area contributed by atoms with Crippen LogP contribution in [0.1, 0.15) is 5.56 Å². The van der Waals surface area contributed by atoms with Crippen LogP contribution in [0.4, 0.5) is 0 Å². The van der Waals surface area contributed by atoms with Crippen molar-refractivity contribution in [3.05, 3.63) is 46.4 Å². The summed E-state index contributed by atoms with van der Waals surface area (Å²) in [6, 6.07) is 8.71. The first kappa shape index (κ1) is 10.7. The van der Waals surface area contributed by atoms with Gasteiger partial charge in [0.1, 0.15) is 0 Å². The molecule has 1 aromatic heterocycles. The molecule has 0 aliphatic carbocycles. The van der Waals surface area contributed by atoms with Crippen molar-refractivity contribution < 1.29 is 9.20 Å². The molecule has 0 saturated heterocycles. The van der Waals surface area contributed by atoms with E-state index in [1.807, 2.05) is 6.07 Å². The molecule has 3 radical (unpaired) electrons. The monoisotopic (exact) mass is 201 g/mol. The van der Waals surface area contributed by atoms with Crippen molar-refractivity contribution in [2.75, 3.05) is 0 Å². The molecule has 0 amide bonds. The molecule has 2 rings (SSSR count). The molecule has 73 valence electrons. The van der Waals surface area contributed by atoms with Crippen LogP contribution >= 0.6 is 0 Å². The molecule has 1 aromatic carbocycles. The van der Waals surface area contributed by atoms with E-state index in [0.29, 0.717) is 11.3 Å². The van der Waals surface area contributed by atoms with Crippen molar-refractivity contribution in [3.8, 4) is 11.8 Å². The van der Waals surface area contributed by atoms with Crippen LogP contribution in [0.5, 0.6) is 0 Å². The summed E-state index contributed by atoms with van der Waals surface area (Å²) < 4.78 is 5.65. The van der Waals surface area contributed by atoms with Crippen molar-refractivity contribution >= 4 is 0 Å². The summed E-state index contributed by atoms with van der Waals surface area (Å²) in [6.45, 7) is 0. The van der Waals surface area contributed by atoms with Crippen LogP contribution in [-0.4, -0.2) is 0 Å². The maximum absolute atomic E-state index is 10.7. The van der Waals surface area contributed by atoms with Gasteiger partial charge < -0.3 is 4.52 Å². The minimum atomic E-state index is -0.521. The van der Waals surface area contributed by atoms with Crippen LogP contribution in [0, 0.1) is 11.3 Å². The van der Waals surface area contributed by atoms with Gasteiger partial charge >= 0.3 is 5.63 Å². The molecule has 0 N–H and O–H groups in total. The van der Waals surface area contributed by atoms with E-state index in [9.17, 15) is 4.79 Å². The smallest absolute Gasteiger partial charge is 0.389 e. The molecule has 0 aliphatic heterocycles. The Morgan fingerprint density at radius 1 is 1.47 bits per heavy atom. The summed E-state index contributed by atoms with van der Waals surface area (Å²) in [5, 5.41) is 12.1. The Balaban J connectivity index is 0.00000112. The van der Waals surface area contributed by atoms with E-state index in [0.717, 1.165) is 0 Å². The Bertz CT molecular complexity index is 549. The van der Waals surface area contributed by atoms with E-state index in [4.69, 9.17) is 5.26 Å². The number of rotatable bonds is 1. The first-order valence-electron chi connectivity index (χ1n) is 3.86. The van der Waals surface area contributed by atoms with Gasteiger partial charge in [-0.3, -0.25) is 0 Å². The fourth-order valence-corrected chi connectivity index (χ4v) is 1.07. The third-order valence-electron chi connectivity index (χ3n) is 1.69. The fraction of sp³-hybridized carbons (Fsp3) is 0. The zero-order valence-corrected chi connectivity index (χ0v) is 7.49. The van der Waals surface area contributed by atoms with Gasteiger partial charge in [0.2, 0.25) is 5.69 Å². The molecule has 0 atom stereocenters. The number of aromatic nitrogens is 2. The number of hydrogen-bond acceptors (Lipinski definition) is 3. The second kappa shape index (κ2) is 4.21. The van der Waals surface area contributed by atoms with Crippen LogP contribution in [0.15, 0.2) is 39.8 Å². The molecule has 0 fully saturated rings. The van der Waals surface area contributed by atoms with Crippen LogP contribution in [0.2, 0.25) is 0 Å². The third kappa shape index (κ3) is 2.10. The lowest BCUT2D eigenvalue weighted by molar-refractivity contribution is -0.676. The minimum absolute atomic E-state index is 0. The van der Waals surface area contributed by atoms with Gasteiger partial charge in [0.25, 0.3) is 6.20 Å². The van der Waals surface area contributed by atoms with Crippen LogP contribution in [-0.2, 0) is 0 Å². The fourth-order valence-electron chi connectivity index (χ4n) is 1.07. The van der Waals surface area contributed by atoms with Crippen LogP contribution in [0.25, 0.3) is 5.69 Å². The van der Waals surface area contributed by atoms with Gasteiger partial charge in [-0.2, -0.15) is 5.26 Å². The first-order valence-corrected chi connectivity index (χ1v) is 3.86. The summed E-state index contributed by atoms with van der Waals surface area (Å²) in [5.41, 5.74) is 0.604. The Morgan fingerprint density at radius 2 is 2.27 bits per heavy atom. The number of benzene rings is 1. The number of nitriles is 1. The van der Waals surface area contributed by atoms with E-state index < -0.39 is 5.63 Å². The predicted octanol–water partition coefficient (Wildman–Crippen LogP) is -0.735. The van der Waals surface area contributed by atoms with Crippen LogP contribution < -0.4 is 21.7 Å². The number of hydrogen-bond donors (Lipinski definition) is 0. The molecule has 0 saturated carbocycles. The largest absolute Gasteiger partial charge is 0.471 e. The highest BCUT2D eigenvalue weighted by atomic mass is 16.5. The van der Waals surface area contributed by atoms with Crippen molar-refractivity contribution in [3.63, 3.8) is 0 Å². The molecule has 0 unspecified atom stereocenters. The Hall–Kier alpha value is -2.39. The van der Waals surface area contributed by atoms with E-state index in [1.54, 1.807) is 24.3 Å². The molecule has 2 aromatic rings. The Labute approximate surface area is 84.9 Å². The normalized spacial score (nSPS) is 9.00. The van der Waals surface area contributed by atoms with Crippen molar-refractivity contribution in [1.82, 2.24) is 11.4 Å². The average Bonchev–Trinajstić information content (AvgIpc) is 2.65. The second-order valence-electron chi connectivity index (χ2n) is 2.63. The topological polar surface area (TPSA) is 102 Å². The van der Waals surface area contributed by atoms with Gasteiger partial charge in [0.15, 0.2) is 0 Å². The summed E-state index contributed by atoms with van der Waals surface area (Å²) in [5.74, 6) is 0.